The highest BCUT2D eigenvalue weighted by molar-refractivity contribution is 9.10. The molecule has 0 atom stereocenters. The molecule has 2 rings (SSSR count). The summed E-state index contributed by atoms with van der Waals surface area (Å²) in [4.78, 5) is 12.1. The molecule has 3 N–H and O–H groups in total. The molecule has 0 radical (unpaired) electrons. The van der Waals surface area contributed by atoms with Crippen LogP contribution in [0.1, 0.15) is 10.4 Å². The minimum Gasteiger partial charge on any atom is -0.398 e. The molecule has 0 saturated carbocycles. The number of amides is 1. The van der Waals surface area contributed by atoms with Crippen LogP contribution in [-0.4, -0.2) is 5.91 Å². The van der Waals surface area contributed by atoms with E-state index >= 15 is 0 Å². The number of nitrogens with two attached hydrogens (primary N) is 1. The maximum absolute atomic E-state index is 12.1. The Hall–Kier alpha value is -1.52. The van der Waals surface area contributed by atoms with Gasteiger partial charge in [0.2, 0.25) is 0 Å². The van der Waals surface area contributed by atoms with Gasteiger partial charge in [-0.2, -0.15) is 0 Å². The van der Waals surface area contributed by atoms with E-state index < -0.39 is 0 Å². The van der Waals surface area contributed by atoms with Gasteiger partial charge in [0.05, 0.1) is 10.6 Å². The number of hydrogen-bond acceptors (Lipinski definition) is 2. The van der Waals surface area contributed by atoms with Crippen LogP contribution >= 0.6 is 27.5 Å². The highest BCUT2D eigenvalue weighted by atomic mass is 79.9. The molecule has 2 aromatic rings. The first kappa shape index (κ1) is 12.9. The third kappa shape index (κ3) is 2.83. The van der Waals surface area contributed by atoms with Gasteiger partial charge in [-0.1, -0.05) is 39.7 Å². The summed E-state index contributed by atoms with van der Waals surface area (Å²) < 4.78 is 0.882. The summed E-state index contributed by atoms with van der Waals surface area (Å²) in [5, 5.41) is 3.08. The first-order valence-corrected chi connectivity index (χ1v) is 6.36. The van der Waals surface area contributed by atoms with Crippen molar-refractivity contribution >= 4 is 44.8 Å². The second-order valence-corrected chi connectivity index (χ2v) is 4.99. The van der Waals surface area contributed by atoms with Gasteiger partial charge in [0.1, 0.15) is 0 Å². The number of anilines is 2. The molecule has 92 valence electrons. The number of rotatable bonds is 2. The fourth-order valence-corrected chi connectivity index (χ4v) is 2.21. The van der Waals surface area contributed by atoms with Crippen LogP contribution in [0.5, 0.6) is 0 Å². The minimum atomic E-state index is -0.323. The van der Waals surface area contributed by atoms with E-state index in [1.54, 1.807) is 30.3 Å². The average Bonchev–Trinajstić information content (AvgIpc) is 2.28. The van der Waals surface area contributed by atoms with Crippen molar-refractivity contribution in [2.24, 2.45) is 0 Å². The molecule has 5 heteroatoms. The molecule has 0 spiro atoms. The minimum absolute atomic E-state index is 0.291. The van der Waals surface area contributed by atoms with E-state index in [0.717, 1.165) is 4.47 Å². The number of carbonyl (C=O) groups is 1. The van der Waals surface area contributed by atoms with Gasteiger partial charge < -0.3 is 11.1 Å². The summed E-state index contributed by atoms with van der Waals surface area (Å²) >= 11 is 9.31. The van der Waals surface area contributed by atoms with E-state index in [9.17, 15) is 4.79 Å². The topological polar surface area (TPSA) is 55.1 Å². The molecule has 18 heavy (non-hydrogen) atoms. The first-order chi connectivity index (χ1) is 8.58. The molecule has 2 aromatic carbocycles. The average molecular weight is 326 g/mol. The van der Waals surface area contributed by atoms with Gasteiger partial charge in [-0.15, -0.1) is 0 Å². The van der Waals surface area contributed by atoms with Crippen molar-refractivity contribution in [1.82, 2.24) is 0 Å². The smallest absolute Gasteiger partial charge is 0.259 e. The molecule has 3 nitrogen and oxygen atoms in total. The highest BCUT2D eigenvalue weighted by Gasteiger charge is 2.13. The van der Waals surface area contributed by atoms with E-state index in [2.05, 4.69) is 21.2 Å². The normalized spacial score (nSPS) is 10.1. The number of nitrogens with one attached hydrogen (secondary N) is 1. The molecule has 0 bridgehead atoms. The van der Waals surface area contributed by atoms with Crippen LogP contribution in [0, 0.1) is 0 Å². The standard InChI is InChI=1S/C13H10BrClN2O/c14-8-3-1-4-9(7-8)17-13(18)12-10(15)5-2-6-11(12)16/h1-7H,16H2,(H,17,18). The monoisotopic (exact) mass is 324 g/mol. The van der Waals surface area contributed by atoms with Crippen molar-refractivity contribution in [3.63, 3.8) is 0 Å². The van der Waals surface area contributed by atoms with Gasteiger partial charge in [-0.25, -0.2) is 0 Å². The summed E-state index contributed by atoms with van der Waals surface area (Å²) in [6.45, 7) is 0. The van der Waals surface area contributed by atoms with Crippen molar-refractivity contribution in [2.75, 3.05) is 11.1 Å². The fourth-order valence-electron chi connectivity index (χ4n) is 1.54. The number of hydrogen-bond donors (Lipinski definition) is 2. The van der Waals surface area contributed by atoms with Crippen LogP contribution in [0.2, 0.25) is 5.02 Å². The van der Waals surface area contributed by atoms with E-state index in [1.807, 2.05) is 12.1 Å². The molecule has 0 aromatic heterocycles. The van der Waals surface area contributed by atoms with Crippen molar-refractivity contribution in [3.05, 3.63) is 57.5 Å². The van der Waals surface area contributed by atoms with Crippen molar-refractivity contribution in [3.8, 4) is 0 Å². The number of benzene rings is 2. The van der Waals surface area contributed by atoms with Crippen LogP contribution in [0.15, 0.2) is 46.9 Å². The maximum Gasteiger partial charge on any atom is 0.259 e. The highest BCUT2D eigenvalue weighted by Crippen LogP contribution is 2.24. The van der Waals surface area contributed by atoms with Crippen LogP contribution < -0.4 is 11.1 Å². The van der Waals surface area contributed by atoms with Crippen LogP contribution in [0.4, 0.5) is 11.4 Å². The lowest BCUT2D eigenvalue weighted by molar-refractivity contribution is 0.102. The maximum atomic E-state index is 12.1. The van der Waals surface area contributed by atoms with E-state index in [0.29, 0.717) is 22.0 Å². The molecule has 0 fully saturated rings. The van der Waals surface area contributed by atoms with Crippen LogP contribution in [0.25, 0.3) is 0 Å². The van der Waals surface area contributed by atoms with Gasteiger partial charge in [0.25, 0.3) is 5.91 Å². The number of carbonyl (C=O) groups excluding carboxylic acids is 1. The Morgan fingerprint density at radius 1 is 1.22 bits per heavy atom. The third-order valence-corrected chi connectivity index (χ3v) is 3.16. The third-order valence-electron chi connectivity index (χ3n) is 2.36. The summed E-state index contributed by atoms with van der Waals surface area (Å²) in [5.41, 5.74) is 7.07. The molecule has 0 unspecified atom stereocenters. The predicted molar refractivity (Wildman–Crippen MR) is 78.0 cm³/mol. The second-order valence-electron chi connectivity index (χ2n) is 3.67. The molecular weight excluding hydrogens is 316 g/mol. The van der Waals surface area contributed by atoms with Gasteiger partial charge in [0.15, 0.2) is 0 Å². The molecule has 1 amide bonds. The molecule has 0 saturated heterocycles. The van der Waals surface area contributed by atoms with Gasteiger partial charge in [-0.05, 0) is 30.3 Å². The Bertz CT molecular complexity index is 581. The first-order valence-electron chi connectivity index (χ1n) is 5.19. The summed E-state index contributed by atoms with van der Waals surface area (Å²) in [7, 11) is 0. The van der Waals surface area contributed by atoms with Crippen molar-refractivity contribution in [2.45, 2.75) is 0 Å². The largest absolute Gasteiger partial charge is 0.398 e. The zero-order chi connectivity index (χ0) is 13.1. The van der Waals surface area contributed by atoms with Crippen LogP contribution in [0.3, 0.4) is 0 Å². The number of nitrogen functional groups attached to an aromatic ring is 1. The SMILES string of the molecule is Nc1cccc(Cl)c1C(=O)Nc1cccc(Br)c1. The zero-order valence-corrected chi connectivity index (χ0v) is 11.6. The van der Waals surface area contributed by atoms with Crippen LogP contribution in [-0.2, 0) is 0 Å². The van der Waals surface area contributed by atoms with Crippen molar-refractivity contribution < 1.29 is 4.79 Å². The second kappa shape index (κ2) is 5.42. The summed E-state index contributed by atoms with van der Waals surface area (Å²) in [6.07, 6.45) is 0. The Balaban J connectivity index is 2.28. The number of halogens is 2. The molecule has 0 aliphatic rings. The zero-order valence-electron chi connectivity index (χ0n) is 9.28. The quantitative estimate of drug-likeness (QED) is 0.822. The summed E-state index contributed by atoms with van der Waals surface area (Å²) in [6, 6.07) is 12.3. The fraction of sp³-hybridized carbons (Fsp3) is 0. The molecule has 0 aliphatic carbocycles. The van der Waals surface area contributed by atoms with Gasteiger partial charge >= 0.3 is 0 Å². The Kier molecular flexibility index (Phi) is 3.89. The van der Waals surface area contributed by atoms with Gasteiger partial charge in [-0.3, -0.25) is 4.79 Å². The molecule has 0 heterocycles. The lowest BCUT2D eigenvalue weighted by Gasteiger charge is -2.09. The molecule has 0 aliphatic heterocycles. The summed E-state index contributed by atoms with van der Waals surface area (Å²) in [5.74, 6) is -0.323. The van der Waals surface area contributed by atoms with Gasteiger partial charge in [0, 0.05) is 15.8 Å². The Labute approximate surface area is 118 Å². The lowest BCUT2D eigenvalue weighted by Crippen LogP contribution is -2.14. The van der Waals surface area contributed by atoms with E-state index in [1.165, 1.54) is 0 Å². The predicted octanol–water partition coefficient (Wildman–Crippen LogP) is 3.94. The molecular formula is C13H10BrClN2O. The van der Waals surface area contributed by atoms with E-state index in [-0.39, 0.29) is 5.91 Å². The Morgan fingerprint density at radius 2 is 1.94 bits per heavy atom. The Morgan fingerprint density at radius 3 is 2.61 bits per heavy atom. The van der Waals surface area contributed by atoms with Crippen molar-refractivity contribution in [1.29, 1.82) is 0 Å². The van der Waals surface area contributed by atoms with E-state index in [4.69, 9.17) is 17.3 Å². The lowest BCUT2D eigenvalue weighted by atomic mass is 10.1.